The van der Waals surface area contributed by atoms with Crippen LogP contribution in [0.25, 0.3) is 0 Å². The molecule has 1 heterocycles. The van der Waals surface area contributed by atoms with Crippen molar-refractivity contribution >= 4 is 0 Å². The first kappa shape index (κ1) is 14.0. The molecule has 3 nitrogen and oxygen atoms in total. The Morgan fingerprint density at radius 1 is 1.22 bits per heavy atom. The largest absolute Gasteiger partial charge is 0.395 e. The predicted octanol–water partition coefficient (Wildman–Crippen LogP) is 1.78. The zero-order valence-electron chi connectivity index (χ0n) is 11.5. The van der Waals surface area contributed by atoms with Crippen molar-refractivity contribution in [2.45, 2.75) is 50.6 Å². The first-order chi connectivity index (χ1) is 8.83. The van der Waals surface area contributed by atoms with E-state index in [1.165, 1.54) is 38.5 Å². The molecule has 104 valence electrons. The molecule has 0 aromatic carbocycles. The van der Waals surface area contributed by atoms with Crippen LogP contribution in [-0.4, -0.2) is 48.3 Å². The van der Waals surface area contributed by atoms with E-state index in [1.54, 1.807) is 0 Å². The summed E-state index contributed by atoms with van der Waals surface area (Å²) >= 11 is 0. The fourth-order valence-electron chi connectivity index (χ4n) is 3.61. The summed E-state index contributed by atoms with van der Waals surface area (Å²) in [6.45, 7) is 6.74. The van der Waals surface area contributed by atoms with Crippen LogP contribution in [0.15, 0.2) is 12.7 Å². The predicted molar refractivity (Wildman–Crippen MR) is 75.6 cm³/mol. The second kappa shape index (κ2) is 7.27. The summed E-state index contributed by atoms with van der Waals surface area (Å²) in [5.74, 6) is 0.931. The number of hydrogen-bond donors (Lipinski definition) is 2. The monoisotopic (exact) mass is 252 g/mol. The summed E-state index contributed by atoms with van der Waals surface area (Å²) in [6, 6.07) is 1.37. The Kier molecular flexibility index (Phi) is 5.67. The highest BCUT2D eigenvalue weighted by molar-refractivity contribution is 4.91. The molecule has 1 aliphatic carbocycles. The molecule has 2 N–H and O–H groups in total. The molecule has 3 heteroatoms. The van der Waals surface area contributed by atoms with Gasteiger partial charge in [0, 0.05) is 31.7 Å². The van der Waals surface area contributed by atoms with Crippen LogP contribution < -0.4 is 5.32 Å². The Balaban J connectivity index is 1.80. The van der Waals surface area contributed by atoms with E-state index in [0.29, 0.717) is 6.04 Å². The van der Waals surface area contributed by atoms with Crippen LogP contribution in [0.4, 0.5) is 0 Å². The summed E-state index contributed by atoms with van der Waals surface area (Å²) in [5.41, 5.74) is 0. The van der Waals surface area contributed by atoms with E-state index < -0.39 is 0 Å². The lowest BCUT2D eigenvalue weighted by molar-refractivity contribution is 0.137. The molecule has 0 spiro atoms. The first-order valence-electron chi connectivity index (χ1n) is 7.53. The number of aliphatic hydroxyl groups excluding tert-OH is 1. The number of fused-ring (bicyclic) bond motifs is 1. The molecule has 0 aromatic heterocycles. The van der Waals surface area contributed by atoms with E-state index in [2.05, 4.69) is 16.8 Å². The van der Waals surface area contributed by atoms with Crippen molar-refractivity contribution in [1.82, 2.24) is 10.2 Å². The van der Waals surface area contributed by atoms with Crippen molar-refractivity contribution < 1.29 is 5.11 Å². The van der Waals surface area contributed by atoms with Gasteiger partial charge in [0.2, 0.25) is 0 Å². The number of hydrogen-bond acceptors (Lipinski definition) is 3. The van der Waals surface area contributed by atoms with Gasteiger partial charge >= 0.3 is 0 Å². The van der Waals surface area contributed by atoms with Crippen molar-refractivity contribution in [2.75, 3.05) is 26.2 Å². The second-order valence-electron chi connectivity index (χ2n) is 5.86. The summed E-state index contributed by atoms with van der Waals surface area (Å²) in [4.78, 5) is 2.30. The molecule has 1 saturated heterocycles. The highest BCUT2D eigenvalue weighted by Gasteiger charge is 2.31. The van der Waals surface area contributed by atoms with E-state index in [4.69, 9.17) is 5.11 Å². The van der Waals surface area contributed by atoms with Gasteiger partial charge in [-0.2, -0.15) is 0 Å². The third-order valence-electron chi connectivity index (χ3n) is 4.53. The van der Waals surface area contributed by atoms with Crippen molar-refractivity contribution in [3.05, 3.63) is 12.7 Å². The average molecular weight is 252 g/mol. The van der Waals surface area contributed by atoms with E-state index in [-0.39, 0.29) is 6.61 Å². The van der Waals surface area contributed by atoms with Crippen LogP contribution in [0.1, 0.15) is 38.5 Å². The quantitative estimate of drug-likeness (QED) is 0.707. The number of nitrogens with one attached hydrogen (secondary N) is 1. The lowest BCUT2D eigenvalue weighted by Gasteiger charge is -2.41. The zero-order valence-corrected chi connectivity index (χ0v) is 11.5. The molecule has 2 rings (SSSR count). The third kappa shape index (κ3) is 3.81. The number of nitrogens with zero attached hydrogens (tertiary/aromatic N) is 1. The van der Waals surface area contributed by atoms with Crippen LogP contribution in [0.3, 0.4) is 0 Å². The normalized spacial score (nSPS) is 32.2. The standard InChI is InChI=1S/C15H28N2O/c1-2-9-17(10-11-18)12-14-8-7-13-5-3-4-6-15(13)16-14/h2,13-16,18H,1,3-12H2. The molecular weight excluding hydrogens is 224 g/mol. The van der Waals surface area contributed by atoms with Gasteiger partial charge in [-0.25, -0.2) is 0 Å². The fraction of sp³-hybridized carbons (Fsp3) is 0.867. The molecule has 1 saturated carbocycles. The SMILES string of the molecule is C=CCN(CCO)CC1CCC2CCCCC2N1. The van der Waals surface area contributed by atoms with Crippen LogP contribution in [0.2, 0.25) is 0 Å². The molecule has 3 atom stereocenters. The Bertz CT molecular complexity index is 257. The summed E-state index contributed by atoms with van der Waals surface area (Å²) in [5, 5.41) is 12.9. The number of aliphatic hydroxyl groups is 1. The maximum atomic E-state index is 9.08. The molecular formula is C15H28N2O. The van der Waals surface area contributed by atoms with Crippen LogP contribution in [-0.2, 0) is 0 Å². The van der Waals surface area contributed by atoms with Crippen molar-refractivity contribution in [1.29, 1.82) is 0 Å². The maximum Gasteiger partial charge on any atom is 0.0558 e. The summed E-state index contributed by atoms with van der Waals surface area (Å²) < 4.78 is 0. The fourth-order valence-corrected chi connectivity index (χ4v) is 3.61. The van der Waals surface area contributed by atoms with Crippen LogP contribution >= 0.6 is 0 Å². The maximum absolute atomic E-state index is 9.08. The van der Waals surface area contributed by atoms with Crippen LogP contribution in [0, 0.1) is 5.92 Å². The van der Waals surface area contributed by atoms with E-state index in [0.717, 1.165) is 31.6 Å². The smallest absolute Gasteiger partial charge is 0.0558 e. The lowest BCUT2D eigenvalue weighted by atomic mass is 9.78. The van der Waals surface area contributed by atoms with Gasteiger partial charge in [-0.05, 0) is 31.6 Å². The van der Waals surface area contributed by atoms with Gasteiger partial charge < -0.3 is 10.4 Å². The van der Waals surface area contributed by atoms with Crippen LogP contribution in [0.5, 0.6) is 0 Å². The topological polar surface area (TPSA) is 35.5 Å². The Morgan fingerprint density at radius 2 is 2.06 bits per heavy atom. The van der Waals surface area contributed by atoms with Gasteiger partial charge in [0.05, 0.1) is 6.61 Å². The zero-order chi connectivity index (χ0) is 12.8. The molecule has 0 aromatic rings. The molecule has 2 fully saturated rings. The van der Waals surface area contributed by atoms with Crippen molar-refractivity contribution in [3.63, 3.8) is 0 Å². The molecule has 2 aliphatic rings. The van der Waals surface area contributed by atoms with Gasteiger partial charge in [0.25, 0.3) is 0 Å². The second-order valence-corrected chi connectivity index (χ2v) is 5.86. The van der Waals surface area contributed by atoms with Gasteiger partial charge in [0.15, 0.2) is 0 Å². The first-order valence-corrected chi connectivity index (χ1v) is 7.53. The van der Waals surface area contributed by atoms with E-state index >= 15 is 0 Å². The van der Waals surface area contributed by atoms with E-state index in [9.17, 15) is 0 Å². The molecule has 18 heavy (non-hydrogen) atoms. The third-order valence-corrected chi connectivity index (χ3v) is 4.53. The Morgan fingerprint density at radius 3 is 2.83 bits per heavy atom. The Labute approximate surface area is 111 Å². The molecule has 0 radical (unpaired) electrons. The molecule has 0 amide bonds. The highest BCUT2D eigenvalue weighted by Crippen LogP contribution is 2.32. The lowest BCUT2D eigenvalue weighted by Crippen LogP contribution is -2.53. The minimum atomic E-state index is 0.243. The number of rotatable bonds is 6. The van der Waals surface area contributed by atoms with Gasteiger partial charge in [-0.3, -0.25) is 4.90 Å². The minimum Gasteiger partial charge on any atom is -0.395 e. The highest BCUT2D eigenvalue weighted by atomic mass is 16.3. The van der Waals surface area contributed by atoms with Crippen molar-refractivity contribution in [3.8, 4) is 0 Å². The minimum absolute atomic E-state index is 0.243. The summed E-state index contributed by atoms with van der Waals surface area (Å²) in [6.07, 6.45) is 10.2. The average Bonchev–Trinajstić information content (AvgIpc) is 2.39. The van der Waals surface area contributed by atoms with Gasteiger partial charge in [0.1, 0.15) is 0 Å². The Hall–Kier alpha value is -0.380. The number of piperidine rings is 1. The molecule has 1 aliphatic heterocycles. The summed E-state index contributed by atoms with van der Waals surface area (Å²) in [7, 11) is 0. The van der Waals surface area contributed by atoms with E-state index in [1.807, 2.05) is 6.08 Å². The molecule has 0 bridgehead atoms. The van der Waals surface area contributed by atoms with Crippen molar-refractivity contribution in [2.24, 2.45) is 5.92 Å². The van der Waals surface area contributed by atoms with Gasteiger partial charge in [-0.1, -0.05) is 18.9 Å². The molecule has 3 unspecified atom stereocenters. The van der Waals surface area contributed by atoms with Gasteiger partial charge in [-0.15, -0.1) is 6.58 Å².